The molecule has 0 fully saturated rings. The van der Waals surface area contributed by atoms with Gasteiger partial charge < -0.3 is 10.1 Å². The molecule has 7 heteroatoms. The lowest BCUT2D eigenvalue weighted by Crippen LogP contribution is -2.17. The molecule has 20 heavy (non-hydrogen) atoms. The van der Waals surface area contributed by atoms with Crippen LogP contribution in [0.15, 0.2) is 38.9 Å². The van der Waals surface area contributed by atoms with Crippen LogP contribution in [0.4, 0.5) is 0 Å². The van der Waals surface area contributed by atoms with Gasteiger partial charge in [0.1, 0.15) is 0 Å². The van der Waals surface area contributed by atoms with E-state index in [0.29, 0.717) is 17.6 Å². The maximum atomic E-state index is 12.0. The smallest absolute Gasteiger partial charge is 0.335 e. The molecule has 0 bridgehead atoms. The molecule has 3 aromatic rings. The number of imidazole rings is 1. The van der Waals surface area contributed by atoms with E-state index in [1.807, 2.05) is 11.4 Å². The molecular weight excluding hydrogens is 344 g/mol. The summed E-state index contributed by atoms with van der Waals surface area (Å²) < 4.78 is 2.48. The van der Waals surface area contributed by atoms with E-state index in [0.717, 1.165) is 9.35 Å². The molecule has 102 valence electrons. The van der Waals surface area contributed by atoms with Crippen molar-refractivity contribution in [2.75, 3.05) is 0 Å². The number of halogens is 1. The van der Waals surface area contributed by atoms with E-state index in [1.165, 1.54) is 23.5 Å². The van der Waals surface area contributed by atoms with Crippen molar-refractivity contribution in [1.82, 2.24) is 9.55 Å². The van der Waals surface area contributed by atoms with Crippen LogP contribution in [0.25, 0.3) is 11.0 Å². The molecule has 0 atom stereocenters. The SMILES string of the molecule is O=C(O)c1ccc2[nH]c(=O)n(Cc3sccc3Br)c2c1. The van der Waals surface area contributed by atoms with Gasteiger partial charge in [-0.1, -0.05) is 0 Å². The third-order valence-corrected chi connectivity index (χ3v) is 4.93. The number of fused-ring (bicyclic) bond motifs is 1. The van der Waals surface area contributed by atoms with Crippen LogP contribution >= 0.6 is 27.3 Å². The summed E-state index contributed by atoms with van der Waals surface area (Å²) in [5, 5.41) is 11.0. The molecule has 0 saturated heterocycles. The molecular formula is C13H9BrN2O3S. The first-order chi connectivity index (χ1) is 9.56. The first-order valence-electron chi connectivity index (χ1n) is 5.74. The van der Waals surface area contributed by atoms with Crippen molar-refractivity contribution < 1.29 is 9.90 Å². The quantitative estimate of drug-likeness (QED) is 0.760. The zero-order valence-electron chi connectivity index (χ0n) is 10.1. The number of nitrogens with zero attached hydrogens (tertiary/aromatic N) is 1. The standard InChI is InChI=1S/C13H9BrN2O3S/c14-8-3-4-20-11(8)6-16-10-5-7(12(17)18)1-2-9(10)15-13(16)19/h1-5H,6H2,(H,15,19)(H,17,18). The molecule has 0 spiro atoms. The van der Waals surface area contributed by atoms with Crippen LogP contribution in [0.5, 0.6) is 0 Å². The molecule has 0 aliphatic heterocycles. The fourth-order valence-corrected chi connectivity index (χ4v) is 3.49. The van der Waals surface area contributed by atoms with Gasteiger partial charge in [-0.3, -0.25) is 4.57 Å². The van der Waals surface area contributed by atoms with E-state index in [-0.39, 0.29) is 11.3 Å². The average Bonchev–Trinajstić information content (AvgIpc) is 2.94. The lowest BCUT2D eigenvalue weighted by atomic mass is 10.2. The maximum absolute atomic E-state index is 12.0. The molecule has 0 amide bonds. The summed E-state index contributed by atoms with van der Waals surface area (Å²) in [5.74, 6) is -1.01. The number of aromatic nitrogens is 2. The summed E-state index contributed by atoms with van der Waals surface area (Å²) in [6.07, 6.45) is 0. The second-order valence-electron chi connectivity index (χ2n) is 4.25. The van der Waals surface area contributed by atoms with E-state index in [9.17, 15) is 9.59 Å². The van der Waals surface area contributed by atoms with Gasteiger partial charge in [-0.2, -0.15) is 0 Å². The highest BCUT2D eigenvalue weighted by atomic mass is 79.9. The Morgan fingerprint density at radius 1 is 1.40 bits per heavy atom. The lowest BCUT2D eigenvalue weighted by molar-refractivity contribution is 0.0697. The van der Waals surface area contributed by atoms with Crippen molar-refractivity contribution >= 4 is 44.3 Å². The second kappa shape index (κ2) is 4.92. The van der Waals surface area contributed by atoms with Crippen molar-refractivity contribution in [2.45, 2.75) is 6.54 Å². The van der Waals surface area contributed by atoms with Gasteiger partial charge in [-0.05, 0) is 45.6 Å². The van der Waals surface area contributed by atoms with E-state index in [2.05, 4.69) is 20.9 Å². The van der Waals surface area contributed by atoms with E-state index in [1.54, 1.807) is 10.6 Å². The topological polar surface area (TPSA) is 75.1 Å². The Morgan fingerprint density at radius 3 is 2.85 bits per heavy atom. The Balaban J connectivity index is 2.16. The van der Waals surface area contributed by atoms with Gasteiger partial charge in [0.2, 0.25) is 0 Å². The number of benzene rings is 1. The van der Waals surface area contributed by atoms with E-state index in [4.69, 9.17) is 5.11 Å². The first-order valence-corrected chi connectivity index (χ1v) is 7.41. The monoisotopic (exact) mass is 352 g/mol. The molecule has 2 aromatic heterocycles. The van der Waals surface area contributed by atoms with Gasteiger partial charge in [0.15, 0.2) is 0 Å². The van der Waals surface area contributed by atoms with E-state index >= 15 is 0 Å². The Kier molecular flexibility index (Phi) is 3.23. The molecule has 0 unspecified atom stereocenters. The average molecular weight is 353 g/mol. The largest absolute Gasteiger partial charge is 0.478 e. The van der Waals surface area contributed by atoms with E-state index < -0.39 is 5.97 Å². The number of aromatic amines is 1. The zero-order chi connectivity index (χ0) is 14.3. The number of aromatic carboxylic acids is 1. The van der Waals surface area contributed by atoms with Gasteiger partial charge in [0.05, 0.1) is 23.1 Å². The highest BCUT2D eigenvalue weighted by Gasteiger charge is 2.12. The summed E-state index contributed by atoms with van der Waals surface area (Å²) >= 11 is 4.97. The molecule has 2 N–H and O–H groups in total. The van der Waals surface area contributed by atoms with Crippen molar-refractivity contribution in [1.29, 1.82) is 0 Å². The predicted octanol–water partition coefficient (Wildman–Crippen LogP) is 2.90. The van der Waals surface area contributed by atoms with Gasteiger partial charge in [-0.25, -0.2) is 9.59 Å². The number of H-pyrrole nitrogens is 1. The third-order valence-electron chi connectivity index (χ3n) is 3.02. The lowest BCUT2D eigenvalue weighted by Gasteiger charge is -2.03. The van der Waals surface area contributed by atoms with Crippen LogP contribution in [0.3, 0.4) is 0 Å². The van der Waals surface area contributed by atoms with Crippen LogP contribution in [0, 0.1) is 0 Å². The Labute approximate surface area is 125 Å². The van der Waals surface area contributed by atoms with Crippen molar-refractivity contribution in [3.63, 3.8) is 0 Å². The van der Waals surface area contributed by atoms with Gasteiger partial charge in [0, 0.05) is 9.35 Å². The molecule has 5 nitrogen and oxygen atoms in total. The Morgan fingerprint density at radius 2 is 2.20 bits per heavy atom. The number of thiophene rings is 1. The molecule has 0 aliphatic carbocycles. The van der Waals surface area contributed by atoms with Crippen molar-refractivity contribution in [3.8, 4) is 0 Å². The van der Waals surface area contributed by atoms with Gasteiger partial charge in [-0.15, -0.1) is 11.3 Å². The zero-order valence-corrected chi connectivity index (χ0v) is 12.5. The molecule has 3 rings (SSSR count). The minimum Gasteiger partial charge on any atom is -0.478 e. The Bertz CT molecular complexity index is 862. The number of rotatable bonds is 3. The predicted molar refractivity (Wildman–Crippen MR) is 80.6 cm³/mol. The number of nitrogens with one attached hydrogen (secondary N) is 1. The highest BCUT2D eigenvalue weighted by molar-refractivity contribution is 9.10. The number of carboxylic acid groups (broad SMARTS) is 1. The molecule has 2 heterocycles. The van der Waals surface area contributed by atoms with Crippen LogP contribution < -0.4 is 5.69 Å². The normalized spacial score (nSPS) is 11.1. The van der Waals surface area contributed by atoms with Crippen LogP contribution in [0.1, 0.15) is 15.2 Å². The number of hydrogen-bond acceptors (Lipinski definition) is 3. The summed E-state index contributed by atoms with van der Waals surface area (Å²) in [6, 6.07) is 6.52. The van der Waals surface area contributed by atoms with Crippen LogP contribution in [0.2, 0.25) is 0 Å². The fraction of sp³-hybridized carbons (Fsp3) is 0.0769. The molecule has 0 aliphatic rings. The first kappa shape index (κ1) is 13.1. The van der Waals surface area contributed by atoms with Gasteiger partial charge >= 0.3 is 11.7 Å². The summed E-state index contributed by atoms with van der Waals surface area (Å²) in [5.41, 5.74) is 1.14. The number of hydrogen-bond donors (Lipinski definition) is 2. The molecule has 0 radical (unpaired) electrons. The summed E-state index contributed by atoms with van der Waals surface area (Å²) in [4.78, 5) is 26.8. The van der Waals surface area contributed by atoms with Gasteiger partial charge in [0.25, 0.3) is 0 Å². The maximum Gasteiger partial charge on any atom is 0.335 e. The van der Waals surface area contributed by atoms with Crippen molar-refractivity contribution in [3.05, 3.63) is 55.0 Å². The fourth-order valence-electron chi connectivity index (χ4n) is 2.02. The number of carbonyl (C=O) groups is 1. The highest BCUT2D eigenvalue weighted by Crippen LogP contribution is 2.24. The summed E-state index contributed by atoms with van der Waals surface area (Å²) in [6.45, 7) is 0.403. The Hall–Kier alpha value is -1.86. The van der Waals surface area contributed by atoms with Crippen LogP contribution in [-0.2, 0) is 6.54 Å². The summed E-state index contributed by atoms with van der Waals surface area (Å²) in [7, 11) is 0. The minimum atomic E-state index is -1.01. The minimum absolute atomic E-state index is 0.162. The second-order valence-corrected chi connectivity index (χ2v) is 6.10. The molecule has 0 saturated carbocycles. The third kappa shape index (κ3) is 2.19. The van der Waals surface area contributed by atoms with Crippen molar-refractivity contribution in [2.24, 2.45) is 0 Å². The molecule has 1 aromatic carbocycles. The van der Waals surface area contributed by atoms with Crippen LogP contribution in [-0.4, -0.2) is 20.6 Å². The number of carboxylic acids is 1.